The average molecular weight is 859 g/mol. The Hall–Kier alpha value is -5.22. The normalized spacial score (nSPS) is 13.8. The second-order valence-electron chi connectivity index (χ2n) is 13.4. The number of hydrogen-bond donors (Lipinski definition) is 0. The zero-order valence-corrected chi connectivity index (χ0v) is 31.5. The van der Waals surface area contributed by atoms with Gasteiger partial charge in [0.1, 0.15) is 5.82 Å². The van der Waals surface area contributed by atoms with Crippen LogP contribution in [0.5, 0.6) is 0 Å². The van der Waals surface area contributed by atoms with Crippen molar-refractivity contribution in [1.82, 2.24) is 9.55 Å². The summed E-state index contributed by atoms with van der Waals surface area (Å²) in [6.07, 6.45) is 1.90. The summed E-state index contributed by atoms with van der Waals surface area (Å²) in [5.41, 5.74) is 9.10. The first-order chi connectivity index (χ1) is 25.7. The molecule has 0 saturated heterocycles. The Labute approximate surface area is 319 Å². The Kier molecular flexibility index (Phi) is 7.61. The summed E-state index contributed by atoms with van der Waals surface area (Å²) in [5.74, 6) is 0.838. The zero-order valence-electron chi connectivity index (χ0n) is 31.2. The van der Waals surface area contributed by atoms with E-state index >= 15 is 0 Å². The molecule has 0 atom stereocenters. The Morgan fingerprint density at radius 1 is 0.647 bits per heavy atom. The van der Waals surface area contributed by atoms with E-state index in [1.165, 1.54) is 16.0 Å². The van der Waals surface area contributed by atoms with Gasteiger partial charge in [0.05, 0.1) is 26.1 Å². The van der Waals surface area contributed by atoms with E-state index in [0.29, 0.717) is 5.69 Å². The molecule has 250 valence electrons. The molecule has 51 heavy (non-hydrogen) atoms. The van der Waals surface area contributed by atoms with Crippen molar-refractivity contribution in [3.8, 4) is 28.1 Å². The van der Waals surface area contributed by atoms with Gasteiger partial charge in [-0.1, -0.05) is 109 Å². The number of aromatic nitrogens is 2. The number of benzene rings is 6. The number of nitrogens with zero attached hydrogens (tertiary/aromatic N) is 4. The molecular weight excluding hydrogens is 820 g/mol. The SMILES string of the molecule is [2H]C([2H])([2H])N1CN(c2[c-]c([Si](C)(C)c3[c-]c4c(cc3)c3ccccc3n4-c3cc(-c4ccccc4-c4ccccc4)ccn3)ccc2)c2ccccc21.[Pt+2]. The maximum atomic E-state index is 8.17. The van der Waals surface area contributed by atoms with Crippen molar-refractivity contribution >= 4 is 57.3 Å². The zero-order chi connectivity index (χ0) is 36.3. The summed E-state index contributed by atoms with van der Waals surface area (Å²) < 4.78 is 26.8. The van der Waals surface area contributed by atoms with Gasteiger partial charge in [-0.15, -0.1) is 11.5 Å². The third-order valence-corrected chi connectivity index (χ3v) is 13.3. The van der Waals surface area contributed by atoms with Gasteiger partial charge in [0.15, 0.2) is 0 Å². The van der Waals surface area contributed by atoms with Crippen molar-refractivity contribution in [2.24, 2.45) is 0 Å². The Balaban J connectivity index is 0.00000413. The molecule has 6 aromatic carbocycles. The van der Waals surface area contributed by atoms with Crippen LogP contribution in [0.25, 0.3) is 49.9 Å². The molecule has 1 aliphatic rings. The molecular formula is C45H36N4PtSi. The summed E-state index contributed by atoms with van der Waals surface area (Å²) in [5, 5.41) is 4.55. The largest absolute Gasteiger partial charge is 2.00 e. The first kappa shape index (κ1) is 29.5. The number of para-hydroxylation sites is 3. The molecule has 0 saturated carbocycles. The van der Waals surface area contributed by atoms with Crippen molar-refractivity contribution in [1.29, 1.82) is 0 Å². The van der Waals surface area contributed by atoms with Gasteiger partial charge in [-0.3, -0.25) is 0 Å². The number of hydrogen-bond acceptors (Lipinski definition) is 3. The van der Waals surface area contributed by atoms with Crippen molar-refractivity contribution < 1.29 is 25.2 Å². The fourth-order valence-corrected chi connectivity index (χ4v) is 9.53. The predicted molar refractivity (Wildman–Crippen MR) is 212 cm³/mol. The van der Waals surface area contributed by atoms with Crippen LogP contribution in [0, 0.1) is 12.1 Å². The second kappa shape index (κ2) is 13.2. The third-order valence-electron chi connectivity index (χ3n) is 10.0. The molecule has 1 aliphatic heterocycles. The van der Waals surface area contributed by atoms with Crippen LogP contribution in [0.15, 0.2) is 152 Å². The maximum Gasteiger partial charge on any atom is 2.00 e. The van der Waals surface area contributed by atoms with Crippen molar-refractivity contribution in [3.05, 3.63) is 164 Å². The molecule has 8 aromatic rings. The maximum absolute atomic E-state index is 8.17. The molecule has 2 aromatic heterocycles. The van der Waals surface area contributed by atoms with Gasteiger partial charge in [0.2, 0.25) is 0 Å². The number of rotatable bonds is 6. The first-order valence-electron chi connectivity index (χ1n) is 18.4. The van der Waals surface area contributed by atoms with Gasteiger partial charge >= 0.3 is 21.1 Å². The number of fused-ring (bicyclic) bond motifs is 4. The van der Waals surface area contributed by atoms with Crippen LogP contribution < -0.4 is 20.2 Å². The van der Waals surface area contributed by atoms with E-state index < -0.39 is 15.0 Å². The summed E-state index contributed by atoms with van der Waals surface area (Å²) in [6.45, 7) is 2.65. The molecule has 0 N–H and O–H groups in total. The van der Waals surface area contributed by atoms with Crippen molar-refractivity contribution in [2.75, 3.05) is 23.4 Å². The molecule has 0 fully saturated rings. The number of pyridine rings is 1. The molecule has 9 rings (SSSR count). The standard InChI is InChI=1S/C45H36N4Si.Pt/c1-47-31-48(43-23-12-11-22-42(43)47)34-16-13-17-35(29-34)50(2,3)36-24-25-40-39-20-9-10-21-41(39)49(44(40)30-36)45-28-33(26-27-46-45)38-19-8-7-18-37(38)32-14-5-4-6-15-32;/h4-28H,31H2,1-3H3;/q-2;+2/i1D3;. The smallest absolute Gasteiger partial charge is 0.355 e. The fourth-order valence-electron chi connectivity index (χ4n) is 7.35. The van der Waals surface area contributed by atoms with Gasteiger partial charge in [0, 0.05) is 22.8 Å². The van der Waals surface area contributed by atoms with Crippen LogP contribution >= 0.6 is 0 Å². The monoisotopic (exact) mass is 858 g/mol. The van der Waals surface area contributed by atoms with Crippen LogP contribution in [0.4, 0.5) is 17.1 Å². The van der Waals surface area contributed by atoms with E-state index in [4.69, 9.17) is 9.10 Å². The summed E-state index contributed by atoms with van der Waals surface area (Å²) >= 11 is 0. The van der Waals surface area contributed by atoms with Gasteiger partial charge < -0.3 is 14.4 Å². The molecule has 0 unspecified atom stereocenters. The van der Waals surface area contributed by atoms with Crippen LogP contribution in [0.1, 0.15) is 4.11 Å². The quantitative estimate of drug-likeness (QED) is 0.123. The van der Waals surface area contributed by atoms with Crippen LogP contribution in [0.2, 0.25) is 13.1 Å². The molecule has 6 heteroatoms. The van der Waals surface area contributed by atoms with Crippen molar-refractivity contribution in [3.63, 3.8) is 0 Å². The second-order valence-corrected chi connectivity index (χ2v) is 17.7. The van der Waals surface area contributed by atoms with Gasteiger partial charge in [0.25, 0.3) is 0 Å². The summed E-state index contributed by atoms with van der Waals surface area (Å²) in [6, 6.07) is 57.9. The van der Waals surface area contributed by atoms with Gasteiger partial charge in [-0.2, -0.15) is 46.8 Å². The molecule has 0 bridgehead atoms. The van der Waals surface area contributed by atoms with E-state index in [1.807, 2.05) is 42.6 Å². The minimum Gasteiger partial charge on any atom is -0.355 e. The Morgan fingerprint density at radius 3 is 2.18 bits per heavy atom. The third kappa shape index (κ3) is 5.62. The van der Waals surface area contributed by atoms with E-state index in [-0.39, 0.29) is 27.7 Å². The van der Waals surface area contributed by atoms with Crippen LogP contribution in [-0.2, 0) is 21.1 Å². The number of anilines is 3. The molecule has 0 aliphatic carbocycles. The molecule has 0 spiro atoms. The van der Waals surface area contributed by atoms with Crippen molar-refractivity contribution in [2.45, 2.75) is 13.1 Å². The Morgan fingerprint density at radius 2 is 1.35 bits per heavy atom. The first-order valence-corrected chi connectivity index (χ1v) is 19.9. The van der Waals surface area contributed by atoms with Gasteiger partial charge in [-0.05, 0) is 58.0 Å². The van der Waals surface area contributed by atoms with Crippen LogP contribution in [-0.4, -0.2) is 31.3 Å². The van der Waals surface area contributed by atoms with E-state index in [2.05, 4.69) is 144 Å². The van der Waals surface area contributed by atoms with Crippen LogP contribution in [0.3, 0.4) is 0 Å². The van der Waals surface area contributed by atoms with E-state index in [9.17, 15) is 0 Å². The molecule has 0 radical (unpaired) electrons. The molecule has 0 amide bonds. The minimum atomic E-state index is -2.38. The summed E-state index contributed by atoms with van der Waals surface area (Å²) in [7, 11) is -2.38. The van der Waals surface area contributed by atoms with Gasteiger partial charge in [-0.25, -0.2) is 4.98 Å². The molecule has 3 heterocycles. The predicted octanol–water partition coefficient (Wildman–Crippen LogP) is 9.48. The van der Waals surface area contributed by atoms with E-state index in [1.54, 1.807) is 0 Å². The summed E-state index contributed by atoms with van der Waals surface area (Å²) in [4.78, 5) is 8.49. The average Bonchev–Trinajstić information content (AvgIpc) is 3.75. The fraction of sp³-hybridized carbons (Fsp3) is 0.0889. The minimum absolute atomic E-state index is 0. The topological polar surface area (TPSA) is 24.3 Å². The molecule has 4 nitrogen and oxygen atoms in total. The Bertz CT molecular complexity index is 2660. The van der Waals surface area contributed by atoms with E-state index in [0.717, 1.165) is 60.5 Å².